The Morgan fingerprint density at radius 2 is 1.92 bits per heavy atom. The second-order valence-electron chi connectivity index (χ2n) is 7.58. The van der Waals surface area contributed by atoms with Crippen molar-refractivity contribution in [1.29, 1.82) is 0 Å². The van der Waals surface area contributed by atoms with E-state index >= 15 is 0 Å². The van der Waals surface area contributed by atoms with E-state index in [4.69, 9.17) is 4.52 Å². The molecule has 1 unspecified atom stereocenters. The Balaban J connectivity index is 1.41. The quantitative estimate of drug-likeness (QED) is 0.826. The molecule has 25 heavy (non-hydrogen) atoms. The second-order valence-corrected chi connectivity index (χ2v) is 7.58. The molecule has 3 rings (SSSR count). The van der Waals surface area contributed by atoms with Gasteiger partial charge in [-0.05, 0) is 56.2 Å². The average molecular weight is 342 g/mol. The highest BCUT2D eigenvalue weighted by Crippen LogP contribution is 2.25. The van der Waals surface area contributed by atoms with Gasteiger partial charge in [-0.25, -0.2) is 0 Å². The highest BCUT2D eigenvalue weighted by molar-refractivity contribution is 5.14. The second kappa shape index (κ2) is 8.63. The third-order valence-corrected chi connectivity index (χ3v) is 5.30. The highest BCUT2D eigenvalue weighted by atomic mass is 16.5. The summed E-state index contributed by atoms with van der Waals surface area (Å²) in [5, 5.41) is 14.7. The fourth-order valence-electron chi connectivity index (χ4n) is 3.59. The smallest absolute Gasteiger partial charge is 0.150 e. The lowest BCUT2D eigenvalue weighted by Crippen LogP contribution is -2.37. The molecule has 1 N–H and O–H groups in total. The molecule has 0 saturated carbocycles. The maximum Gasteiger partial charge on any atom is 0.150 e. The first-order valence-electron chi connectivity index (χ1n) is 9.51. The van der Waals surface area contributed by atoms with Crippen molar-refractivity contribution in [2.24, 2.45) is 5.92 Å². The molecule has 1 aliphatic heterocycles. The van der Waals surface area contributed by atoms with Crippen molar-refractivity contribution in [2.45, 2.75) is 58.1 Å². The maximum absolute atomic E-state index is 10.5. The van der Waals surface area contributed by atoms with Crippen molar-refractivity contribution in [3.05, 3.63) is 53.4 Å². The fourth-order valence-corrected chi connectivity index (χ4v) is 3.59. The Morgan fingerprint density at radius 3 is 2.56 bits per heavy atom. The van der Waals surface area contributed by atoms with Gasteiger partial charge < -0.3 is 9.63 Å². The Morgan fingerprint density at radius 1 is 1.20 bits per heavy atom. The minimum absolute atomic E-state index is 0.194. The van der Waals surface area contributed by atoms with Crippen LogP contribution in [0.5, 0.6) is 0 Å². The molecule has 0 amide bonds. The molecule has 4 nitrogen and oxygen atoms in total. The Hall–Kier alpha value is -1.65. The van der Waals surface area contributed by atoms with Crippen LogP contribution >= 0.6 is 0 Å². The van der Waals surface area contributed by atoms with Crippen LogP contribution < -0.4 is 0 Å². The third kappa shape index (κ3) is 5.16. The van der Waals surface area contributed by atoms with Gasteiger partial charge in [-0.15, -0.1) is 0 Å². The van der Waals surface area contributed by atoms with Crippen molar-refractivity contribution < 1.29 is 9.63 Å². The molecule has 1 aromatic heterocycles. The third-order valence-electron chi connectivity index (χ3n) is 5.30. The highest BCUT2D eigenvalue weighted by Gasteiger charge is 2.25. The van der Waals surface area contributed by atoms with Crippen LogP contribution in [0.25, 0.3) is 0 Å². The first kappa shape index (κ1) is 18.2. The van der Waals surface area contributed by atoms with Gasteiger partial charge in [0.15, 0.2) is 5.76 Å². The van der Waals surface area contributed by atoms with E-state index in [0.717, 1.165) is 56.8 Å². The van der Waals surface area contributed by atoms with Crippen LogP contribution in [0.3, 0.4) is 0 Å². The van der Waals surface area contributed by atoms with Gasteiger partial charge in [0.05, 0.1) is 18.3 Å². The lowest BCUT2D eigenvalue weighted by Gasteiger charge is -2.33. The van der Waals surface area contributed by atoms with Gasteiger partial charge in [0.25, 0.3) is 0 Å². The predicted molar refractivity (Wildman–Crippen MR) is 99.4 cm³/mol. The van der Waals surface area contributed by atoms with Crippen LogP contribution in [0.15, 0.2) is 40.9 Å². The van der Waals surface area contributed by atoms with Crippen molar-refractivity contribution in [2.75, 3.05) is 13.1 Å². The largest absolute Gasteiger partial charge is 0.393 e. The molecule has 2 aromatic rings. The molecule has 1 fully saturated rings. The summed E-state index contributed by atoms with van der Waals surface area (Å²) >= 11 is 0. The monoisotopic (exact) mass is 342 g/mol. The van der Waals surface area contributed by atoms with Gasteiger partial charge in [-0.1, -0.05) is 49.3 Å². The molecular weight excluding hydrogens is 312 g/mol. The summed E-state index contributed by atoms with van der Waals surface area (Å²) in [4.78, 5) is 2.41. The fraction of sp³-hybridized carbons (Fsp3) is 0.571. The summed E-state index contributed by atoms with van der Waals surface area (Å²) in [6, 6.07) is 12.5. The molecule has 0 bridgehead atoms. The molecule has 1 aliphatic rings. The van der Waals surface area contributed by atoms with E-state index < -0.39 is 0 Å². The van der Waals surface area contributed by atoms with Crippen LogP contribution in [0.1, 0.15) is 56.0 Å². The van der Waals surface area contributed by atoms with Gasteiger partial charge in [-0.3, -0.25) is 4.90 Å². The van der Waals surface area contributed by atoms with E-state index in [1.807, 2.05) is 6.07 Å². The normalized spacial score (nSPS) is 17.9. The van der Waals surface area contributed by atoms with Crippen molar-refractivity contribution in [3.63, 3.8) is 0 Å². The van der Waals surface area contributed by atoms with E-state index in [-0.39, 0.29) is 6.10 Å². The number of rotatable bonds is 7. The molecule has 0 spiro atoms. The van der Waals surface area contributed by atoms with Crippen LogP contribution in [0.2, 0.25) is 0 Å². The Kier molecular flexibility index (Phi) is 6.27. The summed E-state index contributed by atoms with van der Waals surface area (Å²) < 4.78 is 5.45. The standard InChI is InChI=1S/C21H30N2O2/c1-16(2)20-14-19(25-22-20)15-23-12-10-18(11-13-23)21(24)9-8-17-6-4-3-5-7-17/h3-7,14,16,18,21,24H,8-13,15H2,1-2H3. The zero-order valence-corrected chi connectivity index (χ0v) is 15.4. The van der Waals surface area contributed by atoms with Crippen LogP contribution in [0, 0.1) is 5.92 Å². The molecule has 0 aliphatic carbocycles. The number of aliphatic hydroxyl groups is 1. The van der Waals surface area contributed by atoms with Crippen LogP contribution in [0.4, 0.5) is 0 Å². The number of hydrogen-bond acceptors (Lipinski definition) is 4. The molecule has 0 radical (unpaired) electrons. The number of aromatic nitrogens is 1. The zero-order chi connectivity index (χ0) is 17.6. The zero-order valence-electron chi connectivity index (χ0n) is 15.4. The number of benzene rings is 1. The van der Waals surface area contributed by atoms with Gasteiger partial charge in [-0.2, -0.15) is 0 Å². The number of aliphatic hydroxyl groups excluding tert-OH is 1. The number of piperidine rings is 1. The van der Waals surface area contributed by atoms with E-state index in [2.05, 4.69) is 54.2 Å². The SMILES string of the molecule is CC(C)c1cc(CN2CCC(C(O)CCc3ccccc3)CC2)on1. The Labute approximate surface area is 150 Å². The summed E-state index contributed by atoms with van der Waals surface area (Å²) in [5.41, 5.74) is 2.34. The first-order chi connectivity index (χ1) is 12.1. The van der Waals surface area contributed by atoms with Gasteiger partial charge in [0, 0.05) is 6.07 Å². The van der Waals surface area contributed by atoms with Gasteiger partial charge >= 0.3 is 0 Å². The van der Waals surface area contributed by atoms with Crippen molar-refractivity contribution >= 4 is 0 Å². The molecule has 4 heteroatoms. The topological polar surface area (TPSA) is 49.5 Å². The Bertz CT molecular complexity index is 630. The lowest BCUT2D eigenvalue weighted by atomic mass is 9.88. The summed E-state index contributed by atoms with van der Waals surface area (Å²) in [5.74, 6) is 1.77. The molecule has 2 heterocycles. The maximum atomic E-state index is 10.5. The van der Waals surface area contributed by atoms with Gasteiger partial charge in [0.1, 0.15) is 0 Å². The lowest BCUT2D eigenvalue weighted by molar-refractivity contribution is 0.0497. The van der Waals surface area contributed by atoms with Crippen molar-refractivity contribution in [1.82, 2.24) is 10.1 Å². The average Bonchev–Trinajstić information content (AvgIpc) is 3.10. The molecule has 136 valence electrons. The minimum Gasteiger partial charge on any atom is -0.393 e. The van der Waals surface area contributed by atoms with Crippen LogP contribution in [-0.4, -0.2) is 34.4 Å². The number of likely N-dealkylation sites (tertiary alicyclic amines) is 1. The number of nitrogens with zero attached hydrogens (tertiary/aromatic N) is 2. The van der Waals surface area contributed by atoms with Crippen LogP contribution in [-0.2, 0) is 13.0 Å². The van der Waals surface area contributed by atoms with Crippen molar-refractivity contribution in [3.8, 4) is 0 Å². The summed E-state index contributed by atoms with van der Waals surface area (Å²) in [7, 11) is 0. The van der Waals surface area contributed by atoms with E-state index in [1.54, 1.807) is 0 Å². The van der Waals surface area contributed by atoms with E-state index in [0.29, 0.717) is 11.8 Å². The summed E-state index contributed by atoms with van der Waals surface area (Å²) in [6.45, 7) is 7.12. The molecule has 1 saturated heterocycles. The minimum atomic E-state index is -0.194. The van der Waals surface area contributed by atoms with E-state index in [9.17, 15) is 5.11 Å². The number of aryl methyl sites for hydroxylation is 1. The number of hydrogen-bond donors (Lipinski definition) is 1. The van der Waals surface area contributed by atoms with E-state index in [1.165, 1.54) is 5.56 Å². The first-order valence-corrected chi connectivity index (χ1v) is 9.51. The summed E-state index contributed by atoms with van der Waals surface area (Å²) in [6.07, 6.45) is 3.73. The molecular formula is C21H30N2O2. The van der Waals surface area contributed by atoms with Gasteiger partial charge in [0.2, 0.25) is 0 Å². The predicted octanol–water partition coefficient (Wildman–Crippen LogP) is 4.00. The molecule has 1 atom stereocenters. The molecule has 1 aromatic carbocycles.